The van der Waals surface area contributed by atoms with Gasteiger partial charge in [-0.3, -0.25) is 9.59 Å². The predicted molar refractivity (Wildman–Crippen MR) is 108 cm³/mol. The van der Waals surface area contributed by atoms with E-state index in [1.807, 2.05) is 0 Å². The molecule has 1 rings (SSSR count). The van der Waals surface area contributed by atoms with Crippen molar-refractivity contribution in [2.45, 2.75) is 90.0 Å². The lowest BCUT2D eigenvalue weighted by Crippen LogP contribution is -2.39. The Balaban J connectivity index is 2.25. The monoisotopic (exact) mass is 398 g/mol. The molecule has 0 spiro atoms. The smallest absolute Gasteiger partial charge is 0.407 e. The number of hydrogen-bond donors (Lipinski definition) is 2. The molecule has 0 aromatic carbocycles. The summed E-state index contributed by atoms with van der Waals surface area (Å²) >= 11 is 0. The molecule has 7 nitrogen and oxygen atoms in total. The highest BCUT2D eigenvalue weighted by molar-refractivity contribution is 5.83. The van der Waals surface area contributed by atoms with Crippen LogP contribution in [0.25, 0.3) is 0 Å². The van der Waals surface area contributed by atoms with Gasteiger partial charge in [0.2, 0.25) is 5.91 Å². The molecule has 7 heteroatoms. The van der Waals surface area contributed by atoms with Gasteiger partial charge in [-0.25, -0.2) is 4.79 Å². The van der Waals surface area contributed by atoms with E-state index in [1.54, 1.807) is 0 Å². The van der Waals surface area contributed by atoms with Crippen LogP contribution in [0, 0.1) is 5.92 Å². The topological polar surface area (TPSA) is 93.7 Å². The number of amides is 2. The van der Waals surface area contributed by atoms with Gasteiger partial charge in [0.15, 0.2) is 0 Å². The Labute approximate surface area is 169 Å². The first-order valence-corrected chi connectivity index (χ1v) is 10.8. The number of carbonyl (C=O) groups excluding carboxylic acids is 3. The van der Waals surface area contributed by atoms with Crippen molar-refractivity contribution in [2.75, 3.05) is 20.3 Å². The quantitative estimate of drug-likeness (QED) is 0.364. The highest BCUT2D eigenvalue weighted by Crippen LogP contribution is 2.18. The van der Waals surface area contributed by atoms with E-state index < -0.39 is 18.0 Å². The maximum atomic E-state index is 12.2. The van der Waals surface area contributed by atoms with Gasteiger partial charge >= 0.3 is 12.1 Å². The Hall–Kier alpha value is -1.79. The maximum absolute atomic E-state index is 12.2. The third kappa shape index (κ3) is 11.1. The van der Waals surface area contributed by atoms with Crippen LogP contribution in [0.5, 0.6) is 0 Å². The Morgan fingerprint density at radius 3 is 2.36 bits per heavy atom. The fourth-order valence-corrected chi connectivity index (χ4v) is 3.46. The molecule has 0 bridgehead atoms. The molecular weight excluding hydrogens is 360 g/mol. The summed E-state index contributed by atoms with van der Waals surface area (Å²) < 4.78 is 9.88. The third-order valence-corrected chi connectivity index (χ3v) is 5.15. The highest BCUT2D eigenvalue weighted by atomic mass is 16.6. The molecule has 0 saturated heterocycles. The van der Waals surface area contributed by atoms with Crippen LogP contribution < -0.4 is 10.6 Å². The molecule has 1 saturated carbocycles. The second-order valence-electron chi connectivity index (χ2n) is 7.62. The van der Waals surface area contributed by atoms with Crippen LogP contribution in [0.2, 0.25) is 0 Å². The van der Waals surface area contributed by atoms with E-state index in [1.165, 1.54) is 39.2 Å². The summed E-state index contributed by atoms with van der Waals surface area (Å²) in [5, 5.41) is 5.67. The maximum Gasteiger partial charge on any atom is 0.407 e. The molecule has 0 aromatic heterocycles. The Morgan fingerprint density at radius 2 is 1.68 bits per heavy atom. The van der Waals surface area contributed by atoms with Crippen molar-refractivity contribution in [2.24, 2.45) is 5.92 Å². The van der Waals surface area contributed by atoms with Crippen molar-refractivity contribution in [3.63, 3.8) is 0 Å². The van der Waals surface area contributed by atoms with E-state index in [4.69, 9.17) is 9.47 Å². The molecule has 1 aliphatic carbocycles. The van der Waals surface area contributed by atoms with Gasteiger partial charge in [-0.05, 0) is 19.3 Å². The van der Waals surface area contributed by atoms with Gasteiger partial charge in [-0.2, -0.15) is 0 Å². The second kappa shape index (κ2) is 15.2. The first-order valence-electron chi connectivity index (χ1n) is 10.8. The molecule has 28 heavy (non-hydrogen) atoms. The van der Waals surface area contributed by atoms with Crippen LogP contribution >= 0.6 is 0 Å². The molecule has 2 amide bonds. The average molecular weight is 399 g/mol. The summed E-state index contributed by atoms with van der Waals surface area (Å²) in [5.74, 6) is -1.52. The molecule has 1 fully saturated rings. The third-order valence-electron chi connectivity index (χ3n) is 5.15. The minimum absolute atomic E-state index is 0.0338. The zero-order valence-corrected chi connectivity index (χ0v) is 17.6. The SMILES string of the molecule is CCCCCCCCNC(=O)OCC(CC(=O)NC1CCCCC1)C(=O)OC. The number of hydrogen-bond acceptors (Lipinski definition) is 5. The van der Waals surface area contributed by atoms with Crippen molar-refractivity contribution >= 4 is 18.0 Å². The van der Waals surface area contributed by atoms with Crippen molar-refractivity contribution in [3.8, 4) is 0 Å². The molecule has 2 N–H and O–H groups in total. The van der Waals surface area contributed by atoms with Crippen LogP contribution in [0.15, 0.2) is 0 Å². The van der Waals surface area contributed by atoms with E-state index in [0.29, 0.717) is 6.54 Å². The van der Waals surface area contributed by atoms with E-state index in [9.17, 15) is 14.4 Å². The summed E-state index contributed by atoms with van der Waals surface area (Å²) in [6.07, 6.45) is 11.6. The van der Waals surface area contributed by atoms with Crippen LogP contribution in [-0.4, -0.2) is 44.3 Å². The van der Waals surface area contributed by atoms with Gasteiger partial charge in [0.05, 0.1) is 13.0 Å². The molecule has 1 atom stereocenters. The van der Waals surface area contributed by atoms with Crippen LogP contribution in [0.3, 0.4) is 0 Å². The van der Waals surface area contributed by atoms with Gasteiger partial charge in [-0.15, -0.1) is 0 Å². The summed E-state index contributed by atoms with van der Waals surface area (Å²) in [6, 6.07) is 0.182. The van der Waals surface area contributed by atoms with Crippen LogP contribution in [0.1, 0.15) is 84.0 Å². The molecular formula is C21H38N2O5. The lowest BCUT2D eigenvalue weighted by atomic mass is 9.95. The van der Waals surface area contributed by atoms with Crippen LogP contribution in [-0.2, 0) is 19.1 Å². The molecule has 0 aliphatic heterocycles. The number of esters is 1. The molecule has 0 heterocycles. The number of unbranched alkanes of at least 4 members (excludes halogenated alkanes) is 5. The summed E-state index contributed by atoms with van der Waals surface area (Å²) in [4.78, 5) is 36.0. The van der Waals surface area contributed by atoms with Gasteiger partial charge < -0.3 is 20.1 Å². The standard InChI is InChI=1S/C21H38N2O5/c1-3-4-5-6-7-11-14-22-21(26)28-16-17(20(25)27-2)15-19(24)23-18-12-9-8-10-13-18/h17-18H,3-16H2,1-2H3,(H,22,26)(H,23,24). The molecule has 0 aromatic rings. The minimum atomic E-state index is -0.784. The van der Waals surface area contributed by atoms with Crippen LogP contribution in [0.4, 0.5) is 4.79 Å². The zero-order chi connectivity index (χ0) is 20.6. The molecule has 1 unspecified atom stereocenters. The van der Waals surface area contributed by atoms with Crippen molar-refractivity contribution in [3.05, 3.63) is 0 Å². The first-order chi connectivity index (χ1) is 13.6. The lowest BCUT2D eigenvalue weighted by molar-refractivity contribution is -0.149. The summed E-state index contributed by atoms with van der Waals surface area (Å²) in [5.41, 5.74) is 0. The van der Waals surface area contributed by atoms with E-state index >= 15 is 0 Å². The van der Waals surface area contributed by atoms with Gasteiger partial charge in [-0.1, -0.05) is 58.3 Å². The first kappa shape index (κ1) is 24.2. The van der Waals surface area contributed by atoms with Crippen molar-refractivity contribution in [1.29, 1.82) is 0 Å². The minimum Gasteiger partial charge on any atom is -0.469 e. The zero-order valence-electron chi connectivity index (χ0n) is 17.6. The van der Waals surface area contributed by atoms with Gasteiger partial charge in [0.25, 0.3) is 0 Å². The van der Waals surface area contributed by atoms with Crippen molar-refractivity contribution < 1.29 is 23.9 Å². The molecule has 1 aliphatic rings. The summed E-state index contributed by atoms with van der Waals surface area (Å²) in [7, 11) is 1.27. The number of carbonyl (C=O) groups is 3. The van der Waals surface area contributed by atoms with Gasteiger partial charge in [0, 0.05) is 19.0 Å². The average Bonchev–Trinajstić information content (AvgIpc) is 2.70. The fourth-order valence-electron chi connectivity index (χ4n) is 3.46. The van der Waals surface area contributed by atoms with Gasteiger partial charge in [0.1, 0.15) is 6.61 Å². The molecule has 162 valence electrons. The number of ether oxygens (including phenoxy) is 2. The Bertz CT molecular complexity index is 464. The number of nitrogens with one attached hydrogen (secondary N) is 2. The Morgan fingerprint density at radius 1 is 1.00 bits per heavy atom. The lowest BCUT2D eigenvalue weighted by Gasteiger charge is -2.23. The van der Waals surface area contributed by atoms with E-state index in [0.717, 1.165) is 38.5 Å². The predicted octanol–water partition coefficient (Wildman–Crippen LogP) is 3.70. The normalized spacial score (nSPS) is 15.5. The fraction of sp³-hybridized carbons (Fsp3) is 0.857. The highest BCUT2D eigenvalue weighted by Gasteiger charge is 2.26. The Kier molecular flexibility index (Phi) is 13.1. The van der Waals surface area contributed by atoms with E-state index in [2.05, 4.69) is 17.6 Å². The largest absolute Gasteiger partial charge is 0.469 e. The molecule has 0 radical (unpaired) electrons. The number of alkyl carbamates (subject to hydrolysis) is 1. The summed E-state index contributed by atoms with van der Waals surface area (Å²) in [6.45, 7) is 2.57. The number of rotatable bonds is 13. The van der Waals surface area contributed by atoms with Crippen molar-refractivity contribution in [1.82, 2.24) is 10.6 Å². The van der Waals surface area contributed by atoms with E-state index in [-0.39, 0.29) is 25.0 Å². The number of methoxy groups -OCH3 is 1. The second-order valence-corrected chi connectivity index (χ2v) is 7.62.